The van der Waals surface area contributed by atoms with Crippen LogP contribution in [0, 0.1) is 6.92 Å². The highest BCUT2D eigenvalue weighted by molar-refractivity contribution is 6.55. The molecule has 0 radical (unpaired) electrons. The fraction of sp³-hybridized carbons (Fsp3) is 0.333. The van der Waals surface area contributed by atoms with Gasteiger partial charge < -0.3 is 14.5 Å². The van der Waals surface area contributed by atoms with Gasteiger partial charge in [-0.2, -0.15) is 0 Å². The lowest BCUT2D eigenvalue weighted by atomic mass is 9.93. The molecule has 0 saturated heterocycles. The molecule has 0 fully saturated rings. The first-order valence-corrected chi connectivity index (χ1v) is 2.36. The molecule has 5 nitrogen and oxygen atoms in total. The lowest BCUT2D eigenvalue weighted by Crippen LogP contribution is -2.30. The van der Waals surface area contributed by atoms with Crippen molar-refractivity contribution in [3.63, 3.8) is 0 Å². The van der Waals surface area contributed by atoms with Crippen LogP contribution in [0.5, 0.6) is 0 Å². The summed E-state index contributed by atoms with van der Waals surface area (Å²) in [6, 6.07) is 0. The van der Waals surface area contributed by atoms with Gasteiger partial charge in [0.1, 0.15) is 0 Å². The van der Waals surface area contributed by atoms with Crippen LogP contribution in [-0.2, 0) is 0 Å². The summed E-state index contributed by atoms with van der Waals surface area (Å²) < 4.78 is 4.62. The Morgan fingerprint density at radius 1 is 1.44 bits per heavy atom. The van der Waals surface area contributed by atoms with Gasteiger partial charge >= 0.3 is 7.12 Å². The average Bonchev–Trinajstić information content (AvgIpc) is 2.14. The largest absolute Gasteiger partial charge is 0.551 e. The van der Waals surface area contributed by atoms with Crippen LogP contribution in [-0.4, -0.2) is 27.4 Å². The summed E-state index contributed by atoms with van der Waals surface area (Å²) in [5, 5.41) is 23.5. The molecule has 0 aliphatic carbocycles. The van der Waals surface area contributed by atoms with E-state index in [4.69, 9.17) is 10.0 Å². The van der Waals surface area contributed by atoms with Crippen molar-refractivity contribution in [2.45, 2.75) is 6.92 Å². The summed E-state index contributed by atoms with van der Waals surface area (Å²) in [6.07, 6.45) is 0. The predicted octanol–water partition coefficient (Wildman–Crippen LogP) is -1.94. The Balaban J connectivity index is 2.85. The van der Waals surface area contributed by atoms with E-state index in [2.05, 4.69) is 14.6 Å². The van der Waals surface area contributed by atoms with E-state index in [9.17, 15) is 0 Å². The first-order valence-electron chi connectivity index (χ1n) is 2.36. The monoisotopic (exact) mass is 128 g/mol. The molecule has 2 N–H and O–H groups in total. The smallest absolute Gasteiger partial charge is 0.428 e. The van der Waals surface area contributed by atoms with Crippen molar-refractivity contribution < 1.29 is 14.5 Å². The Hall–Kier alpha value is -0.875. The van der Waals surface area contributed by atoms with E-state index in [1.807, 2.05) is 0 Å². The summed E-state index contributed by atoms with van der Waals surface area (Å²) >= 11 is 0. The maximum absolute atomic E-state index is 8.40. The van der Waals surface area contributed by atoms with Gasteiger partial charge in [0.05, 0.1) is 0 Å². The van der Waals surface area contributed by atoms with E-state index < -0.39 is 7.12 Å². The van der Waals surface area contributed by atoms with Crippen LogP contribution in [0.1, 0.15) is 5.89 Å². The van der Waals surface area contributed by atoms with Crippen molar-refractivity contribution >= 4 is 12.9 Å². The van der Waals surface area contributed by atoms with E-state index in [-0.39, 0.29) is 5.79 Å². The molecule has 0 aromatic carbocycles. The first kappa shape index (κ1) is 6.25. The molecule has 0 aliphatic heterocycles. The van der Waals surface area contributed by atoms with Crippen molar-refractivity contribution in [3.05, 3.63) is 5.89 Å². The quantitative estimate of drug-likeness (QED) is 0.430. The molecule has 6 heteroatoms. The van der Waals surface area contributed by atoms with Crippen LogP contribution in [0.15, 0.2) is 4.42 Å². The standard InChI is InChI=1S/C3H5BN2O3/c1-2-5-6-3(9-2)4(7)8/h7-8H,1H3. The van der Waals surface area contributed by atoms with Gasteiger partial charge in [-0.1, -0.05) is 0 Å². The van der Waals surface area contributed by atoms with Crippen LogP contribution in [0.25, 0.3) is 0 Å². The number of hydrogen-bond donors (Lipinski definition) is 2. The molecule has 9 heavy (non-hydrogen) atoms. The van der Waals surface area contributed by atoms with Crippen LogP contribution in [0.3, 0.4) is 0 Å². The lowest BCUT2D eigenvalue weighted by Gasteiger charge is -1.84. The SMILES string of the molecule is Cc1nnc(B(O)O)o1. The summed E-state index contributed by atoms with van der Waals surface area (Å²) in [5.41, 5.74) is 0. The Morgan fingerprint density at radius 3 is 2.33 bits per heavy atom. The van der Waals surface area contributed by atoms with Gasteiger partial charge in [-0.15, -0.1) is 10.2 Å². The number of aromatic nitrogens is 2. The van der Waals surface area contributed by atoms with Gasteiger partial charge in [0.25, 0.3) is 0 Å². The van der Waals surface area contributed by atoms with Crippen LogP contribution >= 0.6 is 0 Å². The second-order valence-corrected chi connectivity index (χ2v) is 1.53. The van der Waals surface area contributed by atoms with Gasteiger partial charge in [-0.05, 0) is 0 Å². The Morgan fingerprint density at radius 2 is 2.11 bits per heavy atom. The van der Waals surface area contributed by atoms with Crippen LogP contribution < -0.4 is 5.79 Å². The Labute approximate surface area is 51.5 Å². The molecule has 0 unspecified atom stereocenters. The highest BCUT2D eigenvalue weighted by Crippen LogP contribution is 1.83. The summed E-state index contributed by atoms with van der Waals surface area (Å²) in [6.45, 7) is 1.57. The molecule has 0 aliphatic rings. The molecule has 1 rings (SSSR count). The molecule has 0 atom stereocenters. The zero-order valence-corrected chi connectivity index (χ0v) is 4.77. The number of rotatable bonds is 1. The molecule has 1 heterocycles. The third-order valence-electron chi connectivity index (χ3n) is 0.763. The van der Waals surface area contributed by atoms with Gasteiger partial charge in [-0.25, -0.2) is 0 Å². The highest BCUT2D eigenvalue weighted by atomic mass is 16.4. The van der Waals surface area contributed by atoms with Crippen LogP contribution in [0.4, 0.5) is 0 Å². The summed E-state index contributed by atoms with van der Waals surface area (Å²) in [4.78, 5) is 0. The predicted molar refractivity (Wildman–Crippen MR) is 28.9 cm³/mol. The fourth-order valence-electron chi connectivity index (χ4n) is 0.416. The van der Waals surface area contributed by atoms with E-state index >= 15 is 0 Å². The number of hydrogen-bond acceptors (Lipinski definition) is 5. The normalized spacial score (nSPS) is 9.67. The van der Waals surface area contributed by atoms with Gasteiger partial charge in [0.2, 0.25) is 11.7 Å². The van der Waals surface area contributed by atoms with E-state index in [1.54, 1.807) is 6.92 Å². The minimum atomic E-state index is -1.66. The Kier molecular flexibility index (Phi) is 1.50. The van der Waals surface area contributed by atoms with Crippen molar-refractivity contribution in [3.8, 4) is 0 Å². The minimum Gasteiger partial charge on any atom is -0.428 e. The molecule has 1 aromatic heterocycles. The maximum atomic E-state index is 8.40. The molecule has 48 valence electrons. The Bertz CT molecular complexity index is 199. The lowest BCUT2D eigenvalue weighted by molar-refractivity contribution is 0.404. The van der Waals surface area contributed by atoms with Crippen molar-refractivity contribution in [1.29, 1.82) is 0 Å². The van der Waals surface area contributed by atoms with Crippen molar-refractivity contribution in [2.24, 2.45) is 0 Å². The molecule has 0 spiro atoms. The van der Waals surface area contributed by atoms with Crippen molar-refractivity contribution in [2.75, 3.05) is 0 Å². The second-order valence-electron chi connectivity index (χ2n) is 1.53. The zero-order valence-electron chi connectivity index (χ0n) is 4.77. The molecule has 1 aromatic rings. The van der Waals surface area contributed by atoms with Gasteiger partial charge in [0, 0.05) is 6.92 Å². The molecule has 0 saturated carbocycles. The maximum Gasteiger partial charge on any atom is 0.551 e. The second kappa shape index (κ2) is 2.16. The molecular weight excluding hydrogens is 123 g/mol. The van der Waals surface area contributed by atoms with Crippen molar-refractivity contribution in [1.82, 2.24) is 10.2 Å². The molecule has 0 bridgehead atoms. The number of aryl methyl sites for hydroxylation is 1. The number of nitrogens with zero attached hydrogens (tertiary/aromatic N) is 2. The topological polar surface area (TPSA) is 79.4 Å². The molecule has 0 amide bonds. The zero-order chi connectivity index (χ0) is 6.85. The first-order chi connectivity index (χ1) is 4.20. The van der Waals surface area contributed by atoms with E-state index in [0.29, 0.717) is 5.89 Å². The summed E-state index contributed by atoms with van der Waals surface area (Å²) in [7, 11) is -1.66. The third-order valence-corrected chi connectivity index (χ3v) is 0.763. The van der Waals surface area contributed by atoms with Gasteiger partial charge in [0.15, 0.2) is 0 Å². The molecular formula is C3H5BN2O3. The minimum absolute atomic E-state index is 0.174. The fourth-order valence-corrected chi connectivity index (χ4v) is 0.416. The van der Waals surface area contributed by atoms with E-state index in [0.717, 1.165) is 0 Å². The highest BCUT2D eigenvalue weighted by Gasteiger charge is 2.17. The third kappa shape index (κ3) is 1.27. The summed E-state index contributed by atoms with van der Waals surface area (Å²) in [5.74, 6) is 0.144. The van der Waals surface area contributed by atoms with Gasteiger partial charge in [-0.3, -0.25) is 0 Å². The van der Waals surface area contributed by atoms with E-state index in [1.165, 1.54) is 0 Å². The average molecular weight is 128 g/mol. The van der Waals surface area contributed by atoms with Crippen LogP contribution in [0.2, 0.25) is 0 Å².